The topological polar surface area (TPSA) is 12.0 Å². The predicted molar refractivity (Wildman–Crippen MR) is 75.7 cm³/mol. The summed E-state index contributed by atoms with van der Waals surface area (Å²) in [4.78, 5) is 1.39. The largest absolute Gasteiger partial charge is 0.383 e. The number of halogens is 2. The zero-order valence-electron chi connectivity index (χ0n) is 8.54. The van der Waals surface area contributed by atoms with Crippen molar-refractivity contribution in [2.45, 2.75) is 6.42 Å². The molecule has 2 rings (SSSR count). The minimum atomic E-state index is 0.751. The van der Waals surface area contributed by atoms with Crippen molar-refractivity contribution in [1.29, 1.82) is 0 Å². The Kier molecular flexibility index (Phi) is 4.27. The Labute approximate surface area is 113 Å². The molecule has 1 aromatic carbocycles. The summed E-state index contributed by atoms with van der Waals surface area (Å²) in [5, 5.41) is 6.18. The lowest BCUT2D eigenvalue weighted by Crippen LogP contribution is -2.04. The molecule has 0 atom stereocenters. The zero-order valence-corrected chi connectivity index (χ0v) is 11.7. The Hall–Kier alpha value is -0.510. The van der Waals surface area contributed by atoms with E-state index in [1.807, 2.05) is 18.2 Å². The van der Waals surface area contributed by atoms with Crippen LogP contribution in [0.4, 0.5) is 5.69 Å². The van der Waals surface area contributed by atoms with E-state index in [2.05, 4.69) is 38.8 Å². The Bertz CT molecular complexity index is 456. The first-order valence-corrected chi connectivity index (χ1v) is 7.02. The number of rotatable bonds is 4. The molecule has 1 N–H and O–H groups in total. The van der Waals surface area contributed by atoms with Gasteiger partial charge in [-0.2, -0.15) is 0 Å². The first-order chi connectivity index (χ1) is 7.75. The molecule has 0 unspecified atom stereocenters. The molecule has 2 aromatic rings. The number of hydrogen-bond acceptors (Lipinski definition) is 2. The van der Waals surface area contributed by atoms with Gasteiger partial charge in [-0.25, -0.2) is 0 Å². The Morgan fingerprint density at radius 1 is 1.31 bits per heavy atom. The lowest BCUT2D eigenvalue weighted by atomic mass is 10.3. The minimum absolute atomic E-state index is 0.751. The second kappa shape index (κ2) is 5.71. The van der Waals surface area contributed by atoms with Gasteiger partial charge in [0.1, 0.15) is 0 Å². The van der Waals surface area contributed by atoms with E-state index in [-0.39, 0.29) is 0 Å². The third-order valence-corrected chi connectivity index (χ3v) is 3.94. The predicted octanol–water partition coefficient (Wildman–Crippen LogP) is 4.82. The van der Waals surface area contributed by atoms with Crippen LogP contribution in [-0.2, 0) is 6.42 Å². The molecule has 0 fully saturated rings. The molecule has 1 aromatic heterocycles. The van der Waals surface area contributed by atoms with E-state index < -0.39 is 0 Å². The average Bonchev–Trinajstić information content (AvgIpc) is 2.74. The van der Waals surface area contributed by atoms with E-state index in [1.54, 1.807) is 11.3 Å². The molecule has 0 saturated carbocycles. The second-order valence-electron chi connectivity index (χ2n) is 3.38. The van der Waals surface area contributed by atoms with Crippen molar-refractivity contribution in [3.05, 3.63) is 50.1 Å². The van der Waals surface area contributed by atoms with Gasteiger partial charge in [-0.3, -0.25) is 0 Å². The number of benzene rings is 1. The summed E-state index contributed by atoms with van der Waals surface area (Å²) in [6.45, 7) is 0.905. The molecule has 1 nitrogen and oxygen atoms in total. The normalized spacial score (nSPS) is 10.4. The van der Waals surface area contributed by atoms with Gasteiger partial charge in [-0.05, 0) is 36.1 Å². The van der Waals surface area contributed by atoms with Gasteiger partial charge in [0.05, 0.1) is 10.7 Å². The van der Waals surface area contributed by atoms with Gasteiger partial charge in [-0.1, -0.05) is 33.6 Å². The maximum Gasteiger partial charge on any atom is 0.0648 e. The maximum absolute atomic E-state index is 6.10. The van der Waals surface area contributed by atoms with Crippen LogP contribution in [0.1, 0.15) is 4.88 Å². The highest BCUT2D eigenvalue weighted by atomic mass is 79.9. The van der Waals surface area contributed by atoms with E-state index >= 15 is 0 Å². The highest BCUT2D eigenvalue weighted by molar-refractivity contribution is 9.10. The van der Waals surface area contributed by atoms with E-state index in [4.69, 9.17) is 11.6 Å². The maximum atomic E-state index is 6.10. The molecule has 0 radical (unpaired) electrons. The monoisotopic (exact) mass is 315 g/mol. The van der Waals surface area contributed by atoms with Crippen molar-refractivity contribution < 1.29 is 0 Å². The van der Waals surface area contributed by atoms with Gasteiger partial charge in [-0.15, -0.1) is 11.3 Å². The van der Waals surface area contributed by atoms with Crippen LogP contribution in [0.3, 0.4) is 0 Å². The highest BCUT2D eigenvalue weighted by Crippen LogP contribution is 2.25. The third kappa shape index (κ3) is 3.24. The van der Waals surface area contributed by atoms with Crippen LogP contribution in [0.15, 0.2) is 40.2 Å². The van der Waals surface area contributed by atoms with Crippen LogP contribution < -0.4 is 5.32 Å². The molecule has 4 heteroatoms. The standard InChI is InChI=1S/C12H11BrClNS/c13-9-3-4-12(11(14)8-9)15-6-5-10-2-1-7-16-10/h1-4,7-8,15H,5-6H2. The Balaban J connectivity index is 1.90. The molecular weight excluding hydrogens is 306 g/mol. The van der Waals surface area contributed by atoms with Crippen molar-refractivity contribution in [1.82, 2.24) is 0 Å². The molecule has 0 bridgehead atoms. The summed E-state index contributed by atoms with van der Waals surface area (Å²) in [7, 11) is 0. The fourth-order valence-corrected chi connectivity index (χ4v) is 2.86. The first-order valence-electron chi connectivity index (χ1n) is 4.97. The number of nitrogens with one attached hydrogen (secondary N) is 1. The van der Waals surface area contributed by atoms with Crippen molar-refractivity contribution >= 4 is 44.6 Å². The number of thiophene rings is 1. The van der Waals surface area contributed by atoms with Crippen LogP contribution in [-0.4, -0.2) is 6.54 Å². The van der Waals surface area contributed by atoms with Gasteiger partial charge < -0.3 is 5.32 Å². The lowest BCUT2D eigenvalue weighted by Gasteiger charge is -2.07. The summed E-state index contributed by atoms with van der Waals surface area (Å²) in [5.74, 6) is 0. The molecule has 0 aliphatic heterocycles. The Morgan fingerprint density at radius 2 is 2.19 bits per heavy atom. The lowest BCUT2D eigenvalue weighted by molar-refractivity contribution is 1.04. The number of anilines is 1. The third-order valence-electron chi connectivity index (χ3n) is 2.20. The second-order valence-corrected chi connectivity index (χ2v) is 5.74. The van der Waals surface area contributed by atoms with Crippen molar-refractivity contribution in [3.63, 3.8) is 0 Å². The molecule has 1 heterocycles. The van der Waals surface area contributed by atoms with Gasteiger partial charge >= 0.3 is 0 Å². The van der Waals surface area contributed by atoms with Crippen LogP contribution in [0, 0.1) is 0 Å². The minimum Gasteiger partial charge on any atom is -0.383 e. The summed E-state index contributed by atoms with van der Waals surface area (Å²) >= 11 is 11.3. The SMILES string of the molecule is Clc1cc(Br)ccc1NCCc1cccs1. The highest BCUT2D eigenvalue weighted by Gasteiger charge is 2.00. The van der Waals surface area contributed by atoms with E-state index in [0.29, 0.717) is 0 Å². The van der Waals surface area contributed by atoms with Gasteiger partial charge in [0.15, 0.2) is 0 Å². The summed E-state index contributed by atoms with van der Waals surface area (Å²) in [6, 6.07) is 10.1. The van der Waals surface area contributed by atoms with Gasteiger partial charge in [0.2, 0.25) is 0 Å². The first kappa shape index (κ1) is 12.0. The molecule has 84 valence electrons. The van der Waals surface area contributed by atoms with Gasteiger partial charge in [0.25, 0.3) is 0 Å². The molecule has 0 aliphatic rings. The van der Waals surface area contributed by atoms with Crippen LogP contribution in [0.25, 0.3) is 0 Å². The fraction of sp³-hybridized carbons (Fsp3) is 0.167. The van der Waals surface area contributed by atoms with E-state index in [9.17, 15) is 0 Å². The number of hydrogen-bond donors (Lipinski definition) is 1. The summed E-state index contributed by atoms with van der Waals surface area (Å²) < 4.78 is 1.00. The molecule has 0 saturated heterocycles. The zero-order chi connectivity index (χ0) is 11.4. The van der Waals surface area contributed by atoms with Crippen molar-refractivity contribution in [2.24, 2.45) is 0 Å². The van der Waals surface area contributed by atoms with Crippen LogP contribution >= 0.6 is 38.9 Å². The molecule has 0 aliphatic carbocycles. The molecular formula is C12H11BrClNS. The van der Waals surface area contributed by atoms with E-state index in [1.165, 1.54) is 4.88 Å². The van der Waals surface area contributed by atoms with Gasteiger partial charge in [0, 0.05) is 15.9 Å². The van der Waals surface area contributed by atoms with Crippen LogP contribution in [0.5, 0.6) is 0 Å². The summed E-state index contributed by atoms with van der Waals surface area (Å²) in [6.07, 6.45) is 1.03. The van der Waals surface area contributed by atoms with E-state index in [0.717, 1.165) is 28.1 Å². The molecule has 16 heavy (non-hydrogen) atoms. The summed E-state index contributed by atoms with van der Waals surface area (Å²) in [5.41, 5.74) is 0.987. The van der Waals surface area contributed by atoms with Crippen molar-refractivity contribution in [3.8, 4) is 0 Å². The van der Waals surface area contributed by atoms with Crippen molar-refractivity contribution in [2.75, 3.05) is 11.9 Å². The van der Waals surface area contributed by atoms with Crippen LogP contribution in [0.2, 0.25) is 5.02 Å². The fourth-order valence-electron chi connectivity index (χ4n) is 1.41. The molecule has 0 spiro atoms. The smallest absolute Gasteiger partial charge is 0.0648 e. The quantitative estimate of drug-likeness (QED) is 0.853. The molecule has 0 amide bonds. The Morgan fingerprint density at radius 3 is 2.88 bits per heavy atom. The average molecular weight is 317 g/mol.